The second kappa shape index (κ2) is 6.59. The SMILES string of the molecule is CC(C)CNc1cc(F)ccc1NC(=O)OC(C)(C)C. The van der Waals surface area contributed by atoms with E-state index in [1.54, 1.807) is 20.8 Å². The fourth-order valence-electron chi connectivity index (χ4n) is 1.50. The number of hydrogen-bond acceptors (Lipinski definition) is 3. The van der Waals surface area contributed by atoms with Crippen LogP contribution in [0, 0.1) is 11.7 Å². The van der Waals surface area contributed by atoms with Crippen LogP contribution in [0.15, 0.2) is 18.2 Å². The molecule has 1 amide bonds. The van der Waals surface area contributed by atoms with Crippen molar-refractivity contribution in [2.45, 2.75) is 40.2 Å². The van der Waals surface area contributed by atoms with E-state index < -0.39 is 11.7 Å². The van der Waals surface area contributed by atoms with Gasteiger partial charge < -0.3 is 10.1 Å². The van der Waals surface area contributed by atoms with Gasteiger partial charge in [-0.25, -0.2) is 9.18 Å². The van der Waals surface area contributed by atoms with Crippen LogP contribution in [0.2, 0.25) is 0 Å². The Balaban J connectivity index is 2.80. The van der Waals surface area contributed by atoms with Crippen LogP contribution in [0.4, 0.5) is 20.6 Å². The highest BCUT2D eigenvalue weighted by molar-refractivity contribution is 5.89. The lowest BCUT2D eigenvalue weighted by atomic mass is 10.2. The van der Waals surface area contributed by atoms with E-state index in [1.807, 2.05) is 13.8 Å². The van der Waals surface area contributed by atoms with E-state index in [4.69, 9.17) is 4.74 Å². The smallest absolute Gasteiger partial charge is 0.412 e. The largest absolute Gasteiger partial charge is 0.444 e. The molecule has 0 aliphatic carbocycles. The maximum atomic E-state index is 13.3. The summed E-state index contributed by atoms with van der Waals surface area (Å²) < 4.78 is 18.5. The predicted molar refractivity (Wildman–Crippen MR) is 79.6 cm³/mol. The molecule has 0 aliphatic rings. The van der Waals surface area contributed by atoms with Gasteiger partial charge in [-0.2, -0.15) is 0 Å². The summed E-state index contributed by atoms with van der Waals surface area (Å²) in [6.07, 6.45) is -0.559. The number of rotatable bonds is 4. The van der Waals surface area contributed by atoms with Crippen molar-refractivity contribution in [3.05, 3.63) is 24.0 Å². The van der Waals surface area contributed by atoms with Gasteiger partial charge in [-0.3, -0.25) is 5.32 Å². The molecule has 4 nitrogen and oxygen atoms in total. The summed E-state index contributed by atoms with van der Waals surface area (Å²) >= 11 is 0. The van der Waals surface area contributed by atoms with Gasteiger partial charge in [-0.1, -0.05) is 13.8 Å². The van der Waals surface area contributed by atoms with Gasteiger partial charge in [-0.05, 0) is 44.9 Å². The number of carbonyl (C=O) groups is 1. The first-order chi connectivity index (χ1) is 9.17. The van der Waals surface area contributed by atoms with E-state index in [1.165, 1.54) is 18.2 Å². The van der Waals surface area contributed by atoms with Gasteiger partial charge in [0, 0.05) is 6.54 Å². The lowest BCUT2D eigenvalue weighted by Gasteiger charge is -2.21. The van der Waals surface area contributed by atoms with Crippen molar-refractivity contribution >= 4 is 17.5 Å². The molecule has 112 valence electrons. The molecule has 0 radical (unpaired) electrons. The molecular formula is C15H23FN2O2. The number of anilines is 2. The number of ether oxygens (including phenoxy) is 1. The average Bonchev–Trinajstić information content (AvgIpc) is 2.26. The fourth-order valence-corrected chi connectivity index (χ4v) is 1.50. The van der Waals surface area contributed by atoms with Crippen LogP contribution in [0.5, 0.6) is 0 Å². The van der Waals surface area contributed by atoms with Crippen LogP contribution in [0.3, 0.4) is 0 Å². The van der Waals surface area contributed by atoms with Gasteiger partial charge in [0.05, 0.1) is 11.4 Å². The Morgan fingerprint density at radius 1 is 1.30 bits per heavy atom. The van der Waals surface area contributed by atoms with Gasteiger partial charge in [0.2, 0.25) is 0 Å². The minimum Gasteiger partial charge on any atom is -0.444 e. The Kier molecular flexibility index (Phi) is 5.36. The standard InChI is InChI=1S/C15H23FN2O2/c1-10(2)9-17-13-8-11(16)6-7-12(13)18-14(19)20-15(3,4)5/h6-8,10,17H,9H2,1-5H3,(H,18,19). The van der Waals surface area contributed by atoms with E-state index in [0.717, 1.165) is 0 Å². The van der Waals surface area contributed by atoms with Crippen molar-refractivity contribution in [2.75, 3.05) is 17.2 Å². The molecule has 0 unspecified atom stereocenters. The molecule has 1 rings (SSSR count). The molecule has 0 atom stereocenters. The van der Waals surface area contributed by atoms with E-state index in [-0.39, 0.29) is 5.82 Å². The quantitative estimate of drug-likeness (QED) is 0.868. The summed E-state index contributed by atoms with van der Waals surface area (Å²) in [5, 5.41) is 5.74. The maximum Gasteiger partial charge on any atom is 0.412 e. The molecule has 2 N–H and O–H groups in total. The molecule has 1 aromatic carbocycles. The molecule has 0 aliphatic heterocycles. The second-order valence-corrected chi connectivity index (χ2v) is 6.09. The van der Waals surface area contributed by atoms with Crippen LogP contribution in [-0.2, 0) is 4.74 Å². The molecule has 0 bridgehead atoms. The molecule has 0 aromatic heterocycles. The van der Waals surface area contributed by atoms with Crippen molar-refractivity contribution in [3.63, 3.8) is 0 Å². The lowest BCUT2D eigenvalue weighted by molar-refractivity contribution is 0.0636. The zero-order chi connectivity index (χ0) is 15.3. The monoisotopic (exact) mass is 282 g/mol. The number of nitrogens with one attached hydrogen (secondary N) is 2. The van der Waals surface area contributed by atoms with Crippen LogP contribution in [0.1, 0.15) is 34.6 Å². The van der Waals surface area contributed by atoms with Crippen molar-refractivity contribution < 1.29 is 13.9 Å². The Hall–Kier alpha value is -1.78. The predicted octanol–water partition coefficient (Wildman–Crippen LogP) is 4.24. The number of halogens is 1. The van der Waals surface area contributed by atoms with E-state index in [0.29, 0.717) is 23.8 Å². The molecule has 5 heteroatoms. The summed E-state index contributed by atoms with van der Waals surface area (Å²) in [5.41, 5.74) is 0.473. The van der Waals surface area contributed by atoms with Crippen molar-refractivity contribution in [2.24, 2.45) is 5.92 Å². The molecule has 0 heterocycles. The Morgan fingerprint density at radius 3 is 2.50 bits per heavy atom. The van der Waals surface area contributed by atoms with E-state index in [9.17, 15) is 9.18 Å². The molecule has 0 fully saturated rings. The Labute approximate surface area is 119 Å². The zero-order valence-electron chi connectivity index (χ0n) is 12.7. The number of carbonyl (C=O) groups excluding carboxylic acids is 1. The summed E-state index contributed by atoms with van der Waals surface area (Å²) in [6, 6.07) is 4.17. The van der Waals surface area contributed by atoms with Gasteiger partial charge in [-0.15, -0.1) is 0 Å². The number of hydrogen-bond donors (Lipinski definition) is 2. The Bertz CT molecular complexity index is 467. The fraction of sp³-hybridized carbons (Fsp3) is 0.533. The third-order valence-electron chi connectivity index (χ3n) is 2.32. The minimum absolute atomic E-state index is 0.356. The van der Waals surface area contributed by atoms with Gasteiger partial charge in [0.1, 0.15) is 11.4 Å². The van der Waals surface area contributed by atoms with Crippen LogP contribution in [0.25, 0.3) is 0 Å². The van der Waals surface area contributed by atoms with Crippen molar-refractivity contribution in [1.82, 2.24) is 0 Å². The summed E-state index contributed by atoms with van der Waals surface area (Å²) in [6.45, 7) is 10.1. The summed E-state index contributed by atoms with van der Waals surface area (Å²) in [7, 11) is 0. The van der Waals surface area contributed by atoms with Crippen molar-refractivity contribution in [3.8, 4) is 0 Å². The van der Waals surface area contributed by atoms with Gasteiger partial charge >= 0.3 is 6.09 Å². The third kappa shape index (κ3) is 5.91. The molecule has 20 heavy (non-hydrogen) atoms. The maximum absolute atomic E-state index is 13.3. The Morgan fingerprint density at radius 2 is 1.95 bits per heavy atom. The first kappa shape index (κ1) is 16.3. The highest BCUT2D eigenvalue weighted by Crippen LogP contribution is 2.24. The average molecular weight is 282 g/mol. The molecule has 0 spiro atoms. The van der Waals surface area contributed by atoms with Gasteiger partial charge in [0.15, 0.2) is 0 Å². The molecule has 0 saturated heterocycles. The molecular weight excluding hydrogens is 259 g/mol. The first-order valence-electron chi connectivity index (χ1n) is 6.71. The highest BCUT2D eigenvalue weighted by atomic mass is 19.1. The zero-order valence-corrected chi connectivity index (χ0v) is 12.7. The topological polar surface area (TPSA) is 50.4 Å². The normalized spacial score (nSPS) is 11.3. The minimum atomic E-state index is -0.574. The molecule has 1 aromatic rings. The third-order valence-corrected chi connectivity index (χ3v) is 2.32. The number of benzene rings is 1. The molecule has 0 saturated carbocycles. The van der Waals surface area contributed by atoms with Crippen LogP contribution >= 0.6 is 0 Å². The second-order valence-electron chi connectivity index (χ2n) is 6.09. The summed E-state index contributed by atoms with van der Waals surface area (Å²) in [5.74, 6) is 0.0543. The highest BCUT2D eigenvalue weighted by Gasteiger charge is 2.17. The lowest BCUT2D eigenvalue weighted by Crippen LogP contribution is -2.27. The van der Waals surface area contributed by atoms with Crippen LogP contribution < -0.4 is 10.6 Å². The van der Waals surface area contributed by atoms with Crippen molar-refractivity contribution in [1.29, 1.82) is 0 Å². The van der Waals surface area contributed by atoms with E-state index >= 15 is 0 Å². The van der Waals surface area contributed by atoms with Gasteiger partial charge in [0.25, 0.3) is 0 Å². The summed E-state index contributed by atoms with van der Waals surface area (Å²) in [4.78, 5) is 11.7. The van der Waals surface area contributed by atoms with Crippen LogP contribution in [-0.4, -0.2) is 18.2 Å². The van der Waals surface area contributed by atoms with E-state index in [2.05, 4.69) is 10.6 Å². The first-order valence-corrected chi connectivity index (χ1v) is 6.71. The number of amides is 1.